The van der Waals surface area contributed by atoms with Gasteiger partial charge in [-0.25, -0.2) is 0 Å². The third-order valence-corrected chi connectivity index (χ3v) is 0. The minimum Gasteiger partial charge on any atom is 0 e. The van der Waals surface area contributed by atoms with Crippen LogP contribution in [0.15, 0.2) is 0 Å². The first-order valence-corrected chi connectivity index (χ1v) is 4.02. The van der Waals surface area contributed by atoms with Gasteiger partial charge in [0.25, 0.3) is 0 Å². The van der Waals surface area contributed by atoms with E-state index in [0.29, 0.717) is 0 Å². The summed E-state index contributed by atoms with van der Waals surface area (Å²) in [6, 6.07) is 0. The van der Waals surface area contributed by atoms with Crippen molar-refractivity contribution in [1.82, 2.24) is 0 Å². The zero-order valence-electron chi connectivity index (χ0n) is 2.29. The van der Waals surface area contributed by atoms with Crippen LogP contribution in [0.5, 0.6) is 0 Å². The molecule has 4 radical (unpaired) electrons. The molecule has 0 aromatic carbocycles. The summed E-state index contributed by atoms with van der Waals surface area (Å²) in [5.74, 6) is 0. The van der Waals surface area contributed by atoms with Gasteiger partial charge in [0.2, 0.25) is 0 Å². The maximum absolute atomic E-state index is 7.35. The Morgan fingerprint density at radius 2 is 1.00 bits per heavy atom. The van der Waals surface area contributed by atoms with E-state index < -0.39 is 21.5 Å². The molecule has 30 valence electrons. The largest absolute Gasteiger partial charge is 0 e. The van der Waals surface area contributed by atoms with Crippen molar-refractivity contribution in [2.45, 2.75) is 0 Å². The van der Waals surface area contributed by atoms with Gasteiger partial charge in [0.15, 0.2) is 0 Å². The minimum atomic E-state index is -3.45. The molecule has 0 aromatic heterocycles. The molecule has 3 N–H and O–H groups in total. The van der Waals surface area contributed by atoms with Gasteiger partial charge in [-0.3, -0.25) is 0 Å². The number of hydrogen-bond acceptors (Lipinski definition) is 3. The van der Waals surface area contributed by atoms with Gasteiger partial charge < -0.3 is 0 Å². The van der Waals surface area contributed by atoms with Crippen molar-refractivity contribution >= 4 is 45.4 Å². The van der Waals surface area contributed by atoms with E-state index in [1.54, 1.807) is 0 Å². The van der Waals surface area contributed by atoms with Crippen LogP contribution in [-0.4, -0.2) is 55.5 Å². The van der Waals surface area contributed by atoms with E-state index in [-0.39, 0.29) is 23.9 Å². The van der Waals surface area contributed by atoms with E-state index in [9.17, 15) is 0 Å². The third kappa shape index (κ3) is 30.0. The summed E-state index contributed by atoms with van der Waals surface area (Å²) in [5, 5.41) is 0. The first-order chi connectivity index (χ1) is 1.73. The second-order valence-corrected chi connectivity index (χ2v) is 1.80. The molecule has 0 aliphatic heterocycles. The summed E-state index contributed by atoms with van der Waals surface area (Å²) in [6.07, 6.45) is 0. The summed E-state index contributed by atoms with van der Waals surface area (Å²) in [5.41, 5.74) is 0. The van der Waals surface area contributed by atoms with Crippen LogP contribution >= 0.6 is 0 Å². The van der Waals surface area contributed by atoms with Gasteiger partial charge in [0.1, 0.15) is 0 Å². The molecule has 0 heterocycles. The molecule has 0 atom stereocenters. The standard InChI is InChI=1S/3H2O.Sb.Sn/h3*1H2;;/q;;;+3;/p-3. The summed E-state index contributed by atoms with van der Waals surface area (Å²) in [7, 11) is 0. The average molecular weight is 291 g/mol. The van der Waals surface area contributed by atoms with Gasteiger partial charge in [-0.2, -0.15) is 0 Å². The molecule has 0 aliphatic rings. The monoisotopic (exact) mass is 292 g/mol. The molecule has 3 nitrogen and oxygen atoms in total. The molecule has 0 amide bonds. The number of hydrogen-bond donors (Lipinski definition) is 3. The topological polar surface area (TPSA) is 60.7 Å². The first-order valence-electron chi connectivity index (χ1n) is 0.600. The van der Waals surface area contributed by atoms with Gasteiger partial charge in [-0.1, -0.05) is 0 Å². The Hall–Kier alpha value is 1.50. The van der Waals surface area contributed by atoms with E-state index in [2.05, 4.69) is 0 Å². The summed E-state index contributed by atoms with van der Waals surface area (Å²) < 4.78 is 22.0. The number of rotatable bonds is 0. The zero-order valence-corrected chi connectivity index (χ0v) is 7.70. The van der Waals surface area contributed by atoms with Crippen LogP contribution in [0.4, 0.5) is 0 Å². The van der Waals surface area contributed by atoms with Gasteiger partial charge in [-0.05, 0) is 0 Å². The van der Waals surface area contributed by atoms with Crippen molar-refractivity contribution in [2.75, 3.05) is 0 Å². The van der Waals surface area contributed by atoms with Crippen LogP contribution in [0.25, 0.3) is 0 Å². The van der Waals surface area contributed by atoms with E-state index in [1.807, 2.05) is 0 Å². The molecule has 0 unspecified atom stereocenters. The zero-order chi connectivity index (χ0) is 3.58. The molecule has 0 rings (SSSR count). The van der Waals surface area contributed by atoms with Crippen LogP contribution in [0.3, 0.4) is 0 Å². The molecule has 0 aromatic rings. The third-order valence-electron chi connectivity index (χ3n) is 0. The predicted octanol–water partition coefficient (Wildman–Crippen LogP) is -2.43. The van der Waals surface area contributed by atoms with Crippen molar-refractivity contribution in [1.29, 1.82) is 0 Å². The molecule has 0 saturated carbocycles. The summed E-state index contributed by atoms with van der Waals surface area (Å²) in [6.45, 7) is 0. The Morgan fingerprint density at radius 1 is 1.00 bits per heavy atom. The normalized spacial score (nSPS) is 7.20. The van der Waals surface area contributed by atoms with Crippen molar-refractivity contribution in [3.63, 3.8) is 0 Å². The van der Waals surface area contributed by atoms with Crippen LogP contribution in [0, 0.1) is 0 Å². The molecular weight excluding hydrogens is 288 g/mol. The van der Waals surface area contributed by atoms with E-state index in [4.69, 9.17) is 10.2 Å². The molecule has 0 bridgehead atoms. The van der Waals surface area contributed by atoms with Crippen LogP contribution < -0.4 is 0 Å². The van der Waals surface area contributed by atoms with Crippen molar-refractivity contribution in [2.24, 2.45) is 0 Å². The van der Waals surface area contributed by atoms with Gasteiger partial charge >= 0.3 is 31.6 Å². The Kier molecular flexibility index (Phi) is 10.7. The van der Waals surface area contributed by atoms with Crippen LogP contribution in [0.2, 0.25) is 0 Å². The van der Waals surface area contributed by atoms with Gasteiger partial charge in [0.05, 0.1) is 0 Å². The van der Waals surface area contributed by atoms with Gasteiger partial charge in [0, 0.05) is 23.9 Å². The SMILES string of the molecule is [OH][Sb]([OH])[OH].[Sn]. The molecule has 0 spiro atoms. The van der Waals surface area contributed by atoms with Gasteiger partial charge in [-0.15, -0.1) is 0 Å². The molecule has 0 saturated heterocycles. The predicted molar refractivity (Wildman–Crippen MR) is 18.2 cm³/mol. The Morgan fingerprint density at radius 3 is 1.00 bits per heavy atom. The maximum Gasteiger partial charge on any atom is 0 e. The fourth-order valence-electron chi connectivity index (χ4n) is 0. The molecule has 5 heteroatoms. The fraction of sp³-hybridized carbons (Fsp3) is 0. The Bertz CT molecular complexity index is 11.6. The van der Waals surface area contributed by atoms with Crippen molar-refractivity contribution in [3.8, 4) is 0 Å². The van der Waals surface area contributed by atoms with Crippen molar-refractivity contribution < 1.29 is 10.2 Å². The fourth-order valence-corrected chi connectivity index (χ4v) is 0. The molecule has 5 heavy (non-hydrogen) atoms. The quantitative estimate of drug-likeness (QED) is 0.435. The van der Waals surface area contributed by atoms with Crippen molar-refractivity contribution in [3.05, 3.63) is 0 Å². The second-order valence-electron chi connectivity index (χ2n) is 0.268. The Labute approximate surface area is 55.2 Å². The molecule has 0 fully saturated rings. The van der Waals surface area contributed by atoms with E-state index in [0.717, 1.165) is 0 Å². The average Bonchev–Trinajstić information content (AvgIpc) is 0.811. The van der Waals surface area contributed by atoms with Crippen LogP contribution in [0.1, 0.15) is 0 Å². The molecular formula is H3O3SbSn. The minimum absolute atomic E-state index is 0. The smallest absolute Gasteiger partial charge is 0 e. The van der Waals surface area contributed by atoms with E-state index >= 15 is 0 Å². The first kappa shape index (κ1) is 9.71. The summed E-state index contributed by atoms with van der Waals surface area (Å²) >= 11 is -3.45. The van der Waals surface area contributed by atoms with E-state index in [1.165, 1.54) is 0 Å². The molecule has 0 aliphatic carbocycles. The Balaban J connectivity index is 0. The summed E-state index contributed by atoms with van der Waals surface area (Å²) in [4.78, 5) is 0. The maximum atomic E-state index is 7.35. The second kappa shape index (κ2) is 5.50. The van der Waals surface area contributed by atoms with Crippen LogP contribution in [-0.2, 0) is 0 Å².